The van der Waals surface area contributed by atoms with E-state index in [9.17, 15) is 19.8 Å². The highest BCUT2D eigenvalue weighted by Gasteiger charge is 2.24. The van der Waals surface area contributed by atoms with Gasteiger partial charge in [-0.05, 0) is 83.5 Å². The summed E-state index contributed by atoms with van der Waals surface area (Å²) in [5, 5.41) is 23.6. The van der Waals surface area contributed by atoms with Gasteiger partial charge in [0.05, 0.1) is 25.2 Å². The number of aliphatic hydroxyl groups excluding tert-OH is 2. The van der Waals surface area contributed by atoms with Gasteiger partial charge in [0.25, 0.3) is 0 Å². The van der Waals surface area contributed by atoms with Gasteiger partial charge < -0.3 is 20.3 Å². The number of esters is 1. The van der Waals surface area contributed by atoms with E-state index in [-0.39, 0.29) is 24.9 Å². The highest BCUT2D eigenvalue weighted by molar-refractivity contribution is 5.77. The fraction of sp³-hybridized carbons (Fsp3) is 0.725. The van der Waals surface area contributed by atoms with Gasteiger partial charge in [0.2, 0.25) is 5.91 Å². The van der Waals surface area contributed by atoms with E-state index in [1.807, 2.05) is 0 Å². The molecule has 0 aliphatic heterocycles. The van der Waals surface area contributed by atoms with Crippen molar-refractivity contribution in [3.63, 3.8) is 0 Å². The molecule has 0 aromatic rings. The van der Waals surface area contributed by atoms with E-state index >= 15 is 0 Å². The van der Waals surface area contributed by atoms with E-state index in [1.54, 1.807) is 0 Å². The van der Waals surface area contributed by atoms with E-state index in [4.69, 9.17) is 4.74 Å². The van der Waals surface area contributed by atoms with Crippen molar-refractivity contribution >= 4 is 11.9 Å². The highest BCUT2D eigenvalue weighted by Crippen LogP contribution is 2.16. The molecule has 0 aliphatic rings. The SMILES string of the molecule is CC/C=C\C/C=C\C/C=C\C/C=C\C/C=C\CCCC(CC(=O)NC(CO)C(O)CCCCCCCCCCCCC)OC(=O)CCCCCCC/C=C\CCC. The van der Waals surface area contributed by atoms with Gasteiger partial charge in [0, 0.05) is 6.42 Å². The van der Waals surface area contributed by atoms with E-state index < -0.39 is 18.2 Å². The monoisotopic (exact) mass is 796 g/mol. The molecule has 0 radical (unpaired) electrons. The minimum Gasteiger partial charge on any atom is -0.462 e. The normalized spacial score (nSPS) is 14.0. The molecule has 328 valence electrons. The number of carbonyl (C=O) groups is 2. The molecular weight excluding hydrogens is 707 g/mol. The maximum Gasteiger partial charge on any atom is 0.306 e. The van der Waals surface area contributed by atoms with Gasteiger partial charge in [0.1, 0.15) is 6.10 Å². The van der Waals surface area contributed by atoms with Crippen molar-refractivity contribution in [3.05, 3.63) is 72.9 Å². The molecule has 6 nitrogen and oxygen atoms in total. The van der Waals surface area contributed by atoms with Crippen LogP contribution >= 0.6 is 0 Å². The second-order valence-electron chi connectivity index (χ2n) is 15.8. The van der Waals surface area contributed by atoms with E-state index in [0.717, 1.165) is 96.3 Å². The van der Waals surface area contributed by atoms with Crippen LogP contribution in [0, 0.1) is 0 Å². The summed E-state index contributed by atoms with van der Waals surface area (Å²) in [4.78, 5) is 26.0. The number of aliphatic hydroxyl groups is 2. The van der Waals surface area contributed by atoms with Gasteiger partial charge in [-0.3, -0.25) is 9.59 Å². The molecule has 0 rings (SSSR count). The van der Waals surface area contributed by atoms with Crippen LogP contribution in [0.5, 0.6) is 0 Å². The first-order valence-corrected chi connectivity index (χ1v) is 23.7. The summed E-state index contributed by atoms with van der Waals surface area (Å²) in [6, 6.07) is -0.722. The predicted molar refractivity (Wildman–Crippen MR) is 245 cm³/mol. The summed E-state index contributed by atoms with van der Waals surface area (Å²) >= 11 is 0. The van der Waals surface area contributed by atoms with Crippen molar-refractivity contribution in [1.82, 2.24) is 5.32 Å². The second kappa shape index (κ2) is 44.4. The standard InChI is InChI=1S/C51H89NO5/c1-4-7-10-13-16-19-22-23-24-25-26-27-29-30-33-36-39-42-47(57-51(56)44-41-38-35-32-21-18-15-12-9-6-3)45-50(55)52-48(46-53)49(54)43-40-37-34-31-28-20-17-14-11-8-5-2/h7,10,12,15-16,19,23-24,26-27,30,33,47-49,53-54H,4-6,8-9,11,13-14,17-18,20-22,25,28-29,31-32,34-46H2,1-3H3,(H,52,55)/b10-7-,15-12-,19-16-,24-23-,27-26-,33-30-. The van der Waals surface area contributed by atoms with E-state index in [2.05, 4.69) is 99.0 Å². The van der Waals surface area contributed by atoms with Crippen LogP contribution in [0.4, 0.5) is 0 Å². The Morgan fingerprint density at radius 2 is 1.00 bits per heavy atom. The van der Waals surface area contributed by atoms with Crippen molar-refractivity contribution in [2.75, 3.05) is 6.61 Å². The Morgan fingerprint density at radius 3 is 1.56 bits per heavy atom. The fourth-order valence-corrected chi connectivity index (χ4v) is 6.70. The Morgan fingerprint density at radius 1 is 0.526 bits per heavy atom. The molecule has 0 aliphatic carbocycles. The van der Waals surface area contributed by atoms with Crippen LogP contribution in [0.15, 0.2) is 72.9 Å². The number of amides is 1. The lowest BCUT2D eigenvalue weighted by molar-refractivity contribution is -0.151. The number of hydrogen-bond acceptors (Lipinski definition) is 5. The molecule has 1 amide bonds. The minimum absolute atomic E-state index is 0.0324. The lowest BCUT2D eigenvalue weighted by Gasteiger charge is -2.24. The number of ether oxygens (including phenoxy) is 1. The van der Waals surface area contributed by atoms with Gasteiger partial charge in [-0.15, -0.1) is 0 Å². The topological polar surface area (TPSA) is 95.9 Å². The van der Waals surface area contributed by atoms with Crippen LogP contribution in [-0.4, -0.2) is 46.9 Å². The van der Waals surface area contributed by atoms with Gasteiger partial charge in [-0.1, -0.05) is 190 Å². The lowest BCUT2D eigenvalue weighted by atomic mass is 10.0. The minimum atomic E-state index is -0.804. The summed E-state index contributed by atoms with van der Waals surface area (Å²) in [5.41, 5.74) is 0. The zero-order valence-corrected chi connectivity index (χ0v) is 37.2. The third-order valence-corrected chi connectivity index (χ3v) is 10.3. The second-order valence-corrected chi connectivity index (χ2v) is 15.8. The zero-order chi connectivity index (χ0) is 41.7. The van der Waals surface area contributed by atoms with Gasteiger partial charge >= 0.3 is 5.97 Å². The largest absolute Gasteiger partial charge is 0.462 e. The maximum absolute atomic E-state index is 13.1. The molecular formula is C51H89NO5. The highest BCUT2D eigenvalue weighted by atomic mass is 16.5. The molecule has 6 heteroatoms. The molecule has 0 aromatic carbocycles. The van der Waals surface area contributed by atoms with Crippen LogP contribution in [0.3, 0.4) is 0 Å². The van der Waals surface area contributed by atoms with E-state index in [1.165, 1.54) is 70.6 Å². The van der Waals surface area contributed by atoms with Crippen LogP contribution in [-0.2, 0) is 14.3 Å². The first-order valence-electron chi connectivity index (χ1n) is 23.7. The molecule has 57 heavy (non-hydrogen) atoms. The Bertz CT molecular complexity index is 1070. The Labute approximate surface area is 351 Å². The maximum atomic E-state index is 13.1. The smallest absolute Gasteiger partial charge is 0.306 e. The summed E-state index contributed by atoms with van der Waals surface area (Å²) in [7, 11) is 0. The van der Waals surface area contributed by atoms with Crippen molar-refractivity contribution in [3.8, 4) is 0 Å². The molecule has 0 fully saturated rings. The predicted octanol–water partition coefficient (Wildman–Crippen LogP) is 13.8. The first kappa shape index (κ1) is 54.3. The summed E-state index contributed by atoms with van der Waals surface area (Å²) in [6.45, 7) is 6.27. The fourth-order valence-electron chi connectivity index (χ4n) is 6.70. The average Bonchev–Trinajstić information content (AvgIpc) is 3.20. The number of rotatable bonds is 41. The molecule has 3 N–H and O–H groups in total. The Balaban J connectivity index is 4.73. The van der Waals surface area contributed by atoms with Crippen molar-refractivity contribution in [1.29, 1.82) is 0 Å². The van der Waals surface area contributed by atoms with Crippen molar-refractivity contribution in [2.24, 2.45) is 0 Å². The molecule has 0 heterocycles. The zero-order valence-electron chi connectivity index (χ0n) is 37.2. The van der Waals surface area contributed by atoms with Crippen LogP contribution in [0.25, 0.3) is 0 Å². The van der Waals surface area contributed by atoms with Gasteiger partial charge in [-0.25, -0.2) is 0 Å². The number of carbonyl (C=O) groups excluding carboxylic acids is 2. The van der Waals surface area contributed by atoms with Gasteiger partial charge in [-0.2, -0.15) is 0 Å². The molecule has 3 unspecified atom stereocenters. The molecule has 3 atom stereocenters. The average molecular weight is 796 g/mol. The summed E-state index contributed by atoms with van der Waals surface area (Å²) in [5.74, 6) is -0.548. The van der Waals surface area contributed by atoms with Gasteiger partial charge in [0.15, 0.2) is 0 Å². The van der Waals surface area contributed by atoms with Crippen LogP contribution in [0.2, 0.25) is 0 Å². The molecule has 0 bridgehead atoms. The van der Waals surface area contributed by atoms with E-state index in [0.29, 0.717) is 19.3 Å². The molecule has 0 spiro atoms. The third kappa shape index (κ3) is 39.9. The van der Waals surface area contributed by atoms with Crippen molar-refractivity contribution in [2.45, 2.75) is 232 Å². The molecule has 0 saturated heterocycles. The number of hydrogen-bond donors (Lipinski definition) is 3. The third-order valence-electron chi connectivity index (χ3n) is 10.3. The molecule has 0 saturated carbocycles. The van der Waals surface area contributed by atoms with Crippen LogP contribution in [0.1, 0.15) is 213 Å². The lowest BCUT2D eigenvalue weighted by Crippen LogP contribution is -2.46. The number of unbranched alkanes of at least 4 members (excludes halogenated alkanes) is 17. The first-order chi connectivity index (χ1) is 28.0. The Hall–Kier alpha value is -2.70. The van der Waals surface area contributed by atoms with Crippen LogP contribution < -0.4 is 5.32 Å². The molecule has 0 aromatic heterocycles. The number of allylic oxidation sites excluding steroid dienone is 12. The summed E-state index contributed by atoms with van der Waals surface area (Å²) < 4.78 is 5.87. The Kier molecular flexibility index (Phi) is 42.3. The summed E-state index contributed by atoms with van der Waals surface area (Å²) in [6.07, 6.45) is 55.4. The number of nitrogens with one attached hydrogen (secondary N) is 1. The quantitative estimate of drug-likeness (QED) is 0.0325. The van der Waals surface area contributed by atoms with Crippen molar-refractivity contribution < 1.29 is 24.5 Å².